The van der Waals surface area contributed by atoms with Gasteiger partial charge in [-0.1, -0.05) is 83.0 Å². The third-order valence-corrected chi connectivity index (χ3v) is 8.30. The number of rotatable bonds is 8. The summed E-state index contributed by atoms with van der Waals surface area (Å²) in [5.41, 5.74) is 3.73. The third kappa shape index (κ3) is 4.98. The van der Waals surface area contributed by atoms with Crippen LogP contribution in [-0.4, -0.2) is 34.0 Å². The molecule has 2 aromatic rings. The number of fused-ring (bicyclic) bond motifs is 1. The zero-order valence-corrected chi connectivity index (χ0v) is 21.0. The van der Waals surface area contributed by atoms with Crippen molar-refractivity contribution >= 4 is 23.6 Å². The maximum absolute atomic E-state index is 14.0. The Labute approximate surface area is 202 Å². The smallest absolute Gasteiger partial charge is 0.246 e. The minimum absolute atomic E-state index is 0.0123. The van der Waals surface area contributed by atoms with Gasteiger partial charge in [-0.2, -0.15) is 0 Å². The van der Waals surface area contributed by atoms with Crippen LogP contribution < -0.4 is 5.32 Å². The van der Waals surface area contributed by atoms with Gasteiger partial charge >= 0.3 is 0 Å². The zero-order chi connectivity index (χ0) is 23.5. The molecule has 1 aliphatic carbocycles. The molecule has 1 unspecified atom stereocenters. The van der Waals surface area contributed by atoms with E-state index in [0.717, 1.165) is 31.2 Å². The fraction of sp³-hybridized carbons (Fsp3) is 0.500. The average Bonchev–Trinajstić information content (AvgIpc) is 3.23. The Hall–Kier alpha value is -2.27. The summed E-state index contributed by atoms with van der Waals surface area (Å²) in [6, 6.07) is 15.9. The number of carbonyl (C=O) groups is 2. The predicted molar refractivity (Wildman–Crippen MR) is 135 cm³/mol. The summed E-state index contributed by atoms with van der Waals surface area (Å²) in [7, 11) is 0. The summed E-state index contributed by atoms with van der Waals surface area (Å²) in [6.07, 6.45) is 3.44. The summed E-state index contributed by atoms with van der Waals surface area (Å²) in [4.78, 5) is 30.6. The van der Waals surface area contributed by atoms with E-state index in [1.165, 1.54) is 16.0 Å². The Morgan fingerprint density at radius 2 is 1.58 bits per heavy atom. The monoisotopic (exact) mass is 464 g/mol. The minimum Gasteiger partial charge on any atom is -0.342 e. The molecular weight excluding hydrogens is 428 g/mol. The summed E-state index contributed by atoms with van der Waals surface area (Å²) in [6.45, 7) is 9.08. The maximum Gasteiger partial charge on any atom is 0.246 e. The van der Waals surface area contributed by atoms with Gasteiger partial charge in [-0.15, -0.1) is 11.8 Å². The van der Waals surface area contributed by atoms with Gasteiger partial charge in [0.2, 0.25) is 11.8 Å². The van der Waals surface area contributed by atoms with Crippen LogP contribution in [0.3, 0.4) is 0 Å². The molecule has 2 amide bonds. The molecule has 0 bridgehead atoms. The minimum atomic E-state index is -0.458. The van der Waals surface area contributed by atoms with Crippen molar-refractivity contribution in [3.63, 3.8) is 0 Å². The first-order valence-corrected chi connectivity index (χ1v) is 13.2. The lowest BCUT2D eigenvalue weighted by molar-refractivity contribution is -0.154. The van der Waals surface area contributed by atoms with E-state index < -0.39 is 12.1 Å². The maximum atomic E-state index is 14.0. The van der Waals surface area contributed by atoms with Crippen LogP contribution in [0.5, 0.6) is 0 Å². The second-order valence-corrected chi connectivity index (χ2v) is 11.3. The molecule has 5 heteroatoms. The molecule has 0 radical (unpaired) electrons. The number of hydrogen-bond acceptors (Lipinski definition) is 3. The number of benzene rings is 2. The van der Waals surface area contributed by atoms with Crippen LogP contribution in [0.4, 0.5) is 0 Å². The third-order valence-electron chi connectivity index (χ3n) is 7.18. The van der Waals surface area contributed by atoms with Crippen LogP contribution in [0.2, 0.25) is 0 Å². The van der Waals surface area contributed by atoms with Crippen molar-refractivity contribution in [3.05, 3.63) is 65.2 Å². The summed E-state index contributed by atoms with van der Waals surface area (Å²) >= 11 is 1.82. The molecule has 2 atom stereocenters. The first-order chi connectivity index (χ1) is 15.9. The molecule has 1 aliphatic heterocycles. The van der Waals surface area contributed by atoms with Gasteiger partial charge < -0.3 is 10.2 Å². The zero-order valence-electron chi connectivity index (χ0n) is 20.2. The van der Waals surface area contributed by atoms with Gasteiger partial charge in [0.15, 0.2) is 0 Å². The number of nitrogens with zero attached hydrogens (tertiary/aromatic N) is 1. The summed E-state index contributed by atoms with van der Waals surface area (Å²) < 4.78 is 0. The molecule has 0 spiro atoms. The van der Waals surface area contributed by atoms with E-state index in [9.17, 15) is 9.59 Å². The second kappa shape index (κ2) is 10.3. The van der Waals surface area contributed by atoms with Crippen LogP contribution in [0.15, 0.2) is 53.4 Å². The van der Waals surface area contributed by atoms with E-state index >= 15 is 0 Å². The first kappa shape index (κ1) is 23.9. The van der Waals surface area contributed by atoms with E-state index in [1.807, 2.05) is 22.7 Å². The quantitative estimate of drug-likeness (QED) is 0.544. The van der Waals surface area contributed by atoms with Gasteiger partial charge in [0.25, 0.3) is 0 Å². The van der Waals surface area contributed by atoms with Gasteiger partial charge in [0, 0.05) is 16.7 Å². The van der Waals surface area contributed by atoms with E-state index in [2.05, 4.69) is 75.5 Å². The van der Waals surface area contributed by atoms with E-state index in [4.69, 9.17) is 0 Å². The predicted octanol–water partition coefficient (Wildman–Crippen LogP) is 5.23. The van der Waals surface area contributed by atoms with Crippen molar-refractivity contribution in [1.29, 1.82) is 0 Å². The van der Waals surface area contributed by atoms with Crippen LogP contribution in [0.25, 0.3) is 0 Å². The van der Waals surface area contributed by atoms with Crippen LogP contribution in [-0.2, 0) is 29.0 Å². The van der Waals surface area contributed by atoms with Crippen molar-refractivity contribution in [2.45, 2.75) is 82.2 Å². The van der Waals surface area contributed by atoms with Gasteiger partial charge in [-0.25, -0.2) is 0 Å². The van der Waals surface area contributed by atoms with E-state index in [1.54, 1.807) is 0 Å². The highest BCUT2D eigenvalue weighted by Crippen LogP contribution is 2.34. The number of carbonyl (C=O) groups excluding carboxylic acids is 2. The number of thioether (sulfide) groups is 1. The summed E-state index contributed by atoms with van der Waals surface area (Å²) in [5.74, 6) is 0.358. The second-order valence-electron chi connectivity index (χ2n) is 9.69. The van der Waals surface area contributed by atoms with Gasteiger partial charge in [-0.3, -0.25) is 9.59 Å². The molecule has 0 saturated carbocycles. The van der Waals surface area contributed by atoms with Gasteiger partial charge in [0.05, 0.1) is 0 Å². The number of piperazine rings is 1. The molecule has 1 heterocycles. The topological polar surface area (TPSA) is 49.4 Å². The molecule has 176 valence electrons. The van der Waals surface area contributed by atoms with Crippen molar-refractivity contribution in [2.75, 3.05) is 0 Å². The van der Waals surface area contributed by atoms with E-state index in [-0.39, 0.29) is 23.7 Å². The Balaban J connectivity index is 1.65. The fourth-order valence-corrected chi connectivity index (χ4v) is 6.42. The molecule has 33 heavy (non-hydrogen) atoms. The Morgan fingerprint density at radius 3 is 2.18 bits per heavy atom. The van der Waals surface area contributed by atoms with E-state index in [0.29, 0.717) is 11.8 Å². The number of hydrogen-bond donors (Lipinski definition) is 1. The van der Waals surface area contributed by atoms with Crippen molar-refractivity contribution < 1.29 is 9.59 Å². The fourth-order valence-electron chi connectivity index (χ4n) is 5.47. The van der Waals surface area contributed by atoms with Crippen LogP contribution >= 0.6 is 11.8 Å². The lowest BCUT2D eigenvalue weighted by Gasteiger charge is -2.44. The number of amides is 2. The van der Waals surface area contributed by atoms with Crippen LogP contribution in [0, 0.1) is 11.8 Å². The lowest BCUT2D eigenvalue weighted by atomic mass is 9.86. The average molecular weight is 465 g/mol. The largest absolute Gasteiger partial charge is 0.342 e. The Bertz CT molecular complexity index is 976. The molecule has 4 nitrogen and oxygen atoms in total. The highest BCUT2D eigenvalue weighted by molar-refractivity contribution is 8.00. The van der Waals surface area contributed by atoms with Crippen molar-refractivity contribution in [3.8, 4) is 0 Å². The molecule has 1 fully saturated rings. The van der Waals surface area contributed by atoms with Crippen LogP contribution in [0.1, 0.15) is 57.2 Å². The highest BCUT2D eigenvalue weighted by atomic mass is 32.2. The standard InChI is InChI=1S/C28H36N2O2S/c1-5-19(6-2)26-27(31)29-25(23-15-20-11-7-8-12-21(20)16-23)28(32)30(26)17-22-13-9-10-14-24(22)33-18(3)4/h7-14,18-19,23,25-26H,5-6,15-17H2,1-4H3,(H,29,31)/t25?,26-/m1/s1. The van der Waals surface area contributed by atoms with Gasteiger partial charge in [0.1, 0.15) is 12.1 Å². The van der Waals surface area contributed by atoms with Crippen molar-refractivity contribution in [1.82, 2.24) is 10.2 Å². The Morgan fingerprint density at radius 1 is 0.970 bits per heavy atom. The van der Waals surface area contributed by atoms with Crippen molar-refractivity contribution in [2.24, 2.45) is 11.8 Å². The molecule has 1 N–H and O–H groups in total. The molecule has 0 aromatic heterocycles. The molecule has 2 aliphatic rings. The Kier molecular flexibility index (Phi) is 7.48. The normalized spacial score (nSPS) is 21.1. The summed E-state index contributed by atoms with van der Waals surface area (Å²) in [5, 5.41) is 3.62. The number of nitrogens with one attached hydrogen (secondary N) is 1. The molecule has 4 rings (SSSR count). The molecule has 2 aromatic carbocycles. The molecule has 1 saturated heterocycles. The molecular formula is C28H36N2O2S. The van der Waals surface area contributed by atoms with Gasteiger partial charge in [-0.05, 0) is 47.4 Å². The SMILES string of the molecule is CCC(CC)[C@@H]1C(=O)NC(C2Cc3ccccc3C2)C(=O)N1Cc1ccccc1SC(C)C. The lowest BCUT2D eigenvalue weighted by Crippen LogP contribution is -2.66. The first-order valence-electron chi connectivity index (χ1n) is 12.3. The highest BCUT2D eigenvalue weighted by Gasteiger charge is 2.47.